The second kappa shape index (κ2) is 16.7. The molecule has 0 saturated carbocycles. The van der Waals surface area contributed by atoms with Crippen molar-refractivity contribution in [1.29, 1.82) is 0 Å². The molecule has 0 fully saturated rings. The number of carbonyl (C=O) groups excluding carboxylic acids is 2. The van der Waals surface area contributed by atoms with Crippen molar-refractivity contribution in [3.05, 3.63) is 59.7 Å². The molecule has 0 aromatic heterocycles. The molecule has 0 aliphatic heterocycles. The molecule has 0 aliphatic carbocycles. The SMILES string of the molecule is NN(C(=O)c1ccccc1O)C(=O)c1ccccc1O.O=C(O)CCCCCCCCCCC(=O)O. The summed E-state index contributed by atoms with van der Waals surface area (Å²) in [5.41, 5.74) is -0.197. The van der Waals surface area contributed by atoms with Crippen molar-refractivity contribution in [2.75, 3.05) is 0 Å². The van der Waals surface area contributed by atoms with E-state index in [0.29, 0.717) is 5.01 Å². The number of hydrogen-bond donors (Lipinski definition) is 5. The normalized spacial score (nSPS) is 10.1. The third kappa shape index (κ3) is 11.5. The summed E-state index contributed by atoms with van der Waals surface area (Å²) in [5.74, 6) is 1.76. The van der Waals surface area contributed by atoms with Gasteiger partial charge in [0.1, 0.15) is 11.5 Å². The highest BCUT2D eigenvalue weighted by atomic mass is 16.4. The lowest BCUT2D eigenvalue weighted by Gasteiger charge is -2.16. The van der Waals surface area contributed by atoms with Crippen LogP contribution < -0.4 is 5.84 Å². The molecule has 0 spiro atoms. The van der Waals surface area contributed by atoms with E-state index in [9.17, 15) is 29.4 Å². The van der Waals surface area contributed by atoms with Crippen molar-refractivity contribution in [3.8, 4) is 11.5 Å². The van der Waals surface area contributed by atoms with Gasteiger partial charge < -0.3 is 20.4 Å². The Kier molecular flexibility index (Phi) is 13.9. The maximum Gasteiger partial charge on any atom is 0.303 e. The minimum Gasteiger partial charge on any atom is -0.507 e. The molecule has 2 aromatic carbocycles. The number of phenolic OH excluding ortho intramolecular Hbond substituents is 2. The average molecular weight is 503 g/mol. The molecule has 6 N–H and O–H groups in total. The van der Waals surface area contributed by atoms with Gasteiger partial charge >= 0.3 is 11.9 Å². The molecule has 0 unspecified atom stereocenters. The number of hydrogen-bond acceptors (Lipinski definition) is 7. The largest absolute Gasteiger partial charge is 0.507 e. The molecule has 0 heterocycles. The third-order valence-corrected chi connectivity index (χ3v) is 5.24. The van der Waals surface area contributed by atoms with E-state index in [1.165, 1.54) is 48.5 Å². The zero-order valence-corrected chi connectivity index (χ0v) is 20.1. The summed E-state index contributed by atoms with van der Waals surface area (Å²) in [6, 6.07) is 11.5. The number of carbonyl (C=O) groups is 4. The van der Waals surface area contributed by atoms with Gasteiger partial charge in [0.2, 0.25) is 0 Å². The van der Waals surface area contributed by atoms with Crippen LogP contribution in [0.5, 0.6) is 11.5 Å². The Bertz CT molecular complexity index is 929. The zero-order valence-electron chi connectivity index (χ0n) is 20.1. The number of para-hydroxylation sites is 2. The summed E-state index contributed by atoms with van der Waals surface area (Å²) in [4.78, 5) is 44.5. The summed E-state index contributed by atoms with van der Waals surface area (Å²) in [6.45, 7) is 0. The van der Waals surface area contributed by atoms with E-state index < -0.39 is 23.8 Å². The van der Waals surface area contributed by atoms with E-state index in [4.69, 9.17) is 16.1 Å². The highest BCUT2D eigenvalue weighted by Gasteiger charge is 2.24. The smallest absolute Gasteiger partial charge is 0.303 e. The number of amides is 2. The van der Waals surface area contributed by atoms with Gasteiger partial charge in [-0.15, -0.1) is 0 Å². The first-order valence-corrected chi connectivity index (χ1v) is 11.8. The highest BCUT2D eigenvalue weighted by molar-refractivity contribution is 6.11. The van der Waals surface area contributed by atoms with E-state index in [-0.39, 0.29) is 35.5 Å². The summed E-state index contributed by atoms with van der Waals surface area (Å²) in [7, 11) is 0. The summed E-state index contributed by atoms with van der Waals surface area (Å²) in [5, 5.41) is 36.3. The maximum absolute atomic E-state index is 12.0. The molecule has 0 atom stereocenters. The Morgan fingerprint density at radius 3 is 1.19 bits per heavy atom. The topological polar surface area (TPSA) is 178 Å². The molecule has 10 heteroatoms. The molecule has 2 rings (SSSR count). The summed E-state index contributed by atoms with van der Waals surface area (Å²) < 4.78 is 0. The van der Waals surface area contributed by atoms with Crippen molar-refractivity contribution in [2.45, 2.75) is 64.2 Å². The first-order valence-electron chi connectivity index (χ1n) is 11.8. The fourth-order valence-electron chi connectivity index (χ4n) is 3.27. The molecule has 36 heavy (non-hydrogen) atoms. The second-order valence-electron chi connectivity index (χ2n) is 8.13. The summed E-state index contributed by atoms with van der Waals surface area (Å²) in [6.07, 6.45) is 8.51. The lowest BCUT2D eigenvalue weighted by atomic mass is 10.1. The lowest BCUT2D eigenvalue weighted by Crippen LogP contribution is -2.42. The first-order chi connectivity index (χ1) is 17.1. The number of benzene rings is 2. The van der Waals surface area contributed by atoms with Crippen LogP contribution in [0.15, 0.2) is 48.5 Å². The number of carboxylic acids is 2. The number of hydrazine groups is 1. The van der Waals surface area contributed by atoms with E-state index >= 15 is 0 Å². The minimum absolute atomic E-state index is 0.0984. The predicted octanol–water partition coefficient (Wildman–Crippen LogP) is 4.31. The van der Waals surface area contributed by atoms with Crippen molar-refractivity contribution in [1.82, 2.24) is 5.01 Å². The van der Waals surface area contributed by atoms with Gasteiger partial charge in [0.15, 0.2) is 0 Å². The fraction of sp³-hybridized carbons (Fsp3) is 0.385. The maximum atomic E-state index is 12.0. The van der Waals surface area contributed by atoms with E-state index in [2.05, 4.69) is 0 Å². The number of rotatable bonds is 13. The Morgan fingerprint density at radius 1 is 0.583 bits per heavy atom. The summed E-state index contributed by atoms with van der Waals surface area (Å²) >= 11 is 0. The van der Waals surface area contributed by atoms with Crippen LogP contribution in [0.4, 0.5) is 0 Å². The molecular formula is C26H34N2O8. The first kappa shape index (κ1) is 30.1. The Labute approximate surface area is 209 Å². The van der Waals surface area contributed by atoms with Crippen LogP contribution in [0.25, 0.3) is 0 Å². The van der Waals surface area contributed by atoms with Crippen LogP contribution in [0.3, 0.4) is 0 Å². The monoisotopic (exact) mass is 502 g/mol. The van der Waals surface area contributed by atoms with E-state index in [1.54, 1.807) is 0 Å². The van der Waals surface area contributed by atoms with Crippen molar-refractivity contribution < 1.29 is 39.6 Å². The van der Waals surface area contributed by atoms with Crippen LogP contribution in [-0.4, -0.2) is 49.2 Å². The fourth-order valence-corrected chi connectivity index (χ4v) is 3.27. The molecule has 0 aliphatic rings. The van der Waals surface area contributed by atoms with Crippen LogP contribution in [0, 0.1) is 0 Å². The number of phenols is 2. The van der Waals surface area contributed by atoms with Gasteiger partial charge in [-0.3, -0.25) is 19.2 Å². The third-order valence-electron chi connectivity index (χ3n) is 5.24. The molecule has 10 nitrogen and oxygen atoms in total. The molecule has 0 bridgehead atoms. The number of aliphatic carboxylic acids is 2. The van der Waals surface area contributed by atoms with Crippen LogP contribution in [-0.2, 0) is 9.59 Å². The van der Waals surface area contributed by atoms with Crippen molar-refractivity contribution in [2.24, 2.45) is 5.84 Å². The number of aromatic hydroxyl groups is 2. The van der Waals surface area contributed by atoms with Crippen LogP contribution >= 0.6 is 0 Å². The minimum atomic E-state index is -0.864. The average Bonchev–Trinajstić information content (AvgIpc) is 2.84. The quantitative estimate of drug-likeness (QED) is 0.0877. The van der Waals surface area contributed by atoms with Gasteiger partial charge in [0, 0.05) is 12.8 Å². The van der Waals surface area contributed by atoms with Gasteiger partial charge in [-0.1, -0.05) is 62.8 Å². The molecule has 0 radical (unpaired) electrons. The van der Waals surface area contributed by atoms with Crippen molar-refractivity contribution in [3.63, 3.8) is 0 Å². The van der Waals surface area contributed by atoms with E-state index in [0.717, 1.165) is 51.4 Å². The number of nitrogens with zero attached hydrogens (tertiary/aromatic N) is 1. The molecule has 2 amide bonds. The van der Waals surface area contributed by atoms with Gasteiger partial charge in [0.25, 0.3) is 11.8 Å². The van der Waals surface area contributed by atoms with Crippen molar-refractivity contribution >= 4 is 23.8 Å². The number of unbranched alkanes of at least 4 members (excludes halogenated alkanes) is 7. The molecule has 0 saturated heterocycles. The number of nitrogens with two attached hydrogens (primary N) is 1. The Morgan fingerprint density at radius 2 is 0.889 bits per heavy atom. The predicted molar refractivity (Wildman–Crippen MR) is 132 cm³/mol. The standard InChI is InChI=1S/C14H12N2O4.C12H22O4/c15-16(13(19)9-5-1-3-7-11(9)17)14(20)10-6-2-4-8-12(10)18;13-11(14)9-7-5-3-1-2-4-6-8-10-12(15)16/h1-8,17-18H,15H2;1-10H2,(H,13,14)(H,15,16). The Hall–Kier alpha value is -3.92. The van der Waals surface area contributed by atoms with Crippen LogP contribution in [0.1, 0.15) is 84.9 Å². The number of carboxylic acid groups (broad SMARTS) is 2. The lowest BCUT2D eigenvalue weighted by molar-refractivity contribution is -0.138. The van der Waals surface area contributed by atoms with Gasteiger partial charge in [-0.05, 0) is 37.1 Å². The van der Waals surface area contributed by atoms with Crippen LogP contribution in [0.2, 0.25) is 0 Å². The number of imide groups is 1. The van der Waals surface area contributed by atoms with Gasteiger partial charge in [-0.2, -0.15) is 0 Å². The molecule has 2 aromatic rings. The van der Waals surface area contributed by atoms with E-state index in [1.807, 2.05) is 0 Å². The molecular weight excluding hydrogens is 468 g/mol. The van der Waals surface area contributed by atoms with Gasteiger partial charge in [-0.25, -0.2) is 10.9 Å². The highest BCUT2D eigenvalue weighted by Crippen LogP contribution is 2.20. The molecule has 196 valence electrons. The Balaban J connectivity index is 0.000000371. The van der Waals surface area contributed by atoms with Gasteiger partial charge in [0.05, 0.1) is 11.1 Å². The zero-order chi connectivity index (χ0) is 26.9. The second-order valence-corrected chi connectivity index (χ2v) is 8.13.